The molecule has 1 aliphatic carbocycles. The molecule has 13 nitrogen and oxygen atoms in total. The summed E-state index contributed by atoms with van der Waals surface area (Å²) in [7, 11) is -4.38. The van der Waals surface area contributed by atoms with Crippen molar-refractivity contribution in [3.05, 3.63) is 46.9 Å². The van der Waals surface area contributed by atoms with Crippen molar-refractivity contribution >= 4 is 33.6 Å². The molecule has 1 saturated carbocycles. The van der Waals surface area contributed by atoms with Gasteiger partial charge in [0.1, 0.15) is 5.15 Å². The number of carboxylic acid groups (broad SMARTS) is 1. The summed E-state index contributed by atoms with van der Waals surface area (Å²) < 4.78 is 75.5. The molecule has 2 N–H and O–H groups in total. The third kappa shape index (κ3) is 7.50. The largest absolute Gasteiger partial charge is 0.477 e. The number of ether oxygens (including phenoxy) is 1. The van der Waals surface area contributed by atoms with Gasteiger partial charge in [0.25, 0.3) is 15.9 Å². The predicted molar refractivity (Wildman–Crippen MR) is 162 cm³/mol. The van der Waals surface area contributed by atoms with Crippen LogP contribution < -0.4 is 9.46 Å². The van der Waals surface area contributed by atoms with Gasteiger partial charge in [-0.2, -0.15) is 26.7 Å². The number of nitrogens with zero attached hydrogens (tertiary/aromatic N) is 6. The van der Waals surface area contributed by atoms with Crippen molar-refractivity contribution in [1.29, 1.82) is 0 Å². The Hall–Kier alpha value is -3.86. The summed E-state index contributed by atoms with van der Waals surface area (Å²) in [6, 6.07) is 5.42. The summed E-state index contributed by atoms with van der Waals surface area (Å²) in [5.74, 6) is -0.615. The quantitative estimate of drug-likeness (QED) is 0.241. The molecule has 1 atom stereocenters. The van der Waals surface area contributed by atoms with Gasteiger partial charge in [0.2, 0.25) is 5.88 Å². The standard InChI is InChI=1S/C29H35ClF3N7O6S/c1-18-15-23(36-39(18)12-4-5-19-16-27(2,3)38(17-19)26(42)43)47(44,45)37-25(41)20-6-7-21(34-24(20)30)40-13-8-22(35-40)46-14-11-28(9-10-28)29(31,32)33/h6-8,13,15,19H,4-5,9-12,14,16-17H2,1-3H3,(H,37,41)(H,42,43). The minimum Gasteiger partial charge on any atom is -0.477 e. The van der Waals surface area contributed by atoms with Crippen LogP contribution in [0.3, 0.4) is 0 Å². The van der Waals surface area contributed by atoms with E-state index in [0.29, 0.717) is 25.2 Å². The van der Waals surface area contributed by atoms with Gasteiger partial charge in [-0.15, -0.1) is 5.10 Å². The summed E-state index contributed by atoms with van der Waals surface area (Å²) >= 11 is 6.22. The zero-order valence-corrected chi connectivity index (χ0v) is 27.5. The van der Waals surface area contributed by atoms with Crippen LogP contribution in [0.5, 0.6) is 5.88 Å². The van der Waals surface area contributed by atoms with Crippen molar-refractivity contribution in [2.24, 2.45) is 11.3 Å². The maximum absolute atomic E-state index is 13.1. The molecule has 1 saturated heterocycles. The number of halogens is 4. The number of pyridine rings is 1. The first-order valence-electron chi connectivity index (χ1n) is 15.0. The van der Waals surface area contributed by atoms with Crippen LogP contribution in [0.15, 0.2) is 35.5 Å². The highest BCUT2D eigenvalue weighted by atomic mass is 35.5. The molecular formula is C29H35ClF3N7O6S. The van der Waals surface area contributed by atoms with Crippen LogP contribution in [0.2, 0.25) is 5.15 Å². The lowest BCUT2D eigenvalue weighted by atomic mass is 9.93. The molecule has 0 aromatic carbocycles. The average Bonchev–Trinajstić information content (AvgIpc) is 3.29. The lowest BCUT2D eigenvalue weighted by Gasteiger charge is -2.28. The number of nitrogens with one attached hydrogen (secondary N) is 1. The minimum absolute atomic E-state index is 0.0795. The Morgan fingerprint density at radius 3 is 2.53 bits per heavy atom. The maximum atomic E-state index is 13.1. The molecule has 1 unspecified atom stereocenters. The zero-order valence-electron chi connectivity index (χ0n) is 25.9. The first-order valence-corrected chi connectivity index (χ1v) is 16.8. The van der Waals surface area contributed by atoms with Crippen LogP contribution in [-0.2, 0) is 16.6 Å². The van der Waals surface area contributed by atoms with Gasteiger partial charge in [0, 0.05) is 42.7 Å². The van der Waals surface area contributed by atoms with Crippen molar-refractivity contribution in [3.63, 3.8) is 0 Å². The van der Waals surface area contributed by atoms with Crippen LogP contribution >= 0.6 is 11.6 Å². The van der Waals surface area contributed by atoms with Crippen molar-refractivity contribution in [3.8, 4) is 11.7 Å². The summed E-state index contributed by atoms with van der Waals surface area (Å²) in [6.07, 6.45) is -1.66. The Labute approximate surface area is 274 Å². The molecule has 47 heavy (non-hydrogen) atoms. The van der Waals surface area contributed by atoms with Crippen LogP contribution in [-0.4, -0.2) is 79.8 Å². The molecule has 18 heteroatoms. The molecule has 2 aliphatic rings. The normalized spacial score (nSPS) is 18.7. The van der Waals surface area contributed by atoms with E-state index in [-0.39, 0.29) is 59.2 Å². The van der Waals surface area contributed by atoms with Crippen LogP contribution in [0.4, 0.5) is 18.0 Å². The second kappa shape index (κ2) is 12.6. The van der Waals surface area contributed by atoms with E-state index in [9.17, 15) is 36.3 Å². The average molecular weight is 702 g/mol. The number of sulfonamides is 1. The molecule has 1 aliphatic heterocycles. The van der Waals surface area contributed by atoms with E-state index in [0.717, 1.165) is 12.8 Å². The summed E-state index contributed by atoms with van der Waals surface area (Å²) in [5.41, 5.74) is -1.79. The summed E-state index contributed by atoms with van der Waals surface area (Å²) in [5, 5.41) is 17.1. The number of aryl methyl sites for hydroxylation is 2. The third-order valence-corrected chi connectivity index (χ3v) is 10.3. The number of aromatic nitrogens is 5. The number of likely N-dealkylation sites (tertiary alicyclic amines) is 1. The van der Waals surface area contributed by atoms with Crippen molar-refractivity contribution in [1.82, 2.24) is 34.2 Å². The van der Waals surface area contributed by atoms with Crippen LogP contribution in [0.25, 0.3) is 5.82 Å². The van der Waals surface area contributed by atoms with Gasteiger partial charge in [-0.05, 0) is 77.3 Å². The van der Waals surface area contributed by atoms with E-state index in [4.69, 9.17) is 16.3 Å². The first kappa shape index (κ1) is 34.5. The fourth-order valence-corrected chi connectivity index (χ4v) is 7.15. The Bertz CT molecular complexity index is 1770. The van der Waals surface area contributed by atoms with Crippen LogP contribution in [0.1, 0.15) is 68.4 Å². The highest BCUT2D eigenvalue weighted by Crippen LogP contribution is 2.59. The molecule has 2 fully saturated rings. The number of carbonyl (C=O) groups is 2. The number of alkyl halides is 3. The second-order valence-electron chi connectivity index (χ2n) is 12.7. The van der Waals surface area contributed by atoms with Gasteiger partial charge in [-0.1, -0.05) is 11.6 Å². The van der Waals surface area contributed by atoms with E-state index in [1.54, 1.807) is 6.92 Å². The van der Waals surface area contributed by atoms with Gasteiger partial charge in [-0.3, -0.25) is 9.48 Å². The van der Waals surface area contributed by atoms with Gasteiger partial charge >= 0.3 is 12.3 Å². The SMILES string of the molecule is Cc1cc(S(=O)(=O)NC(=O)c2ccc(-n3ccc(OCCC4(C(F)(F)F)CC4)n3)nc2Cl)nn1CCCC1CN(C(=O)O)C(C)(C)C1. The number of amides is 2. The minimum atomic E-state index is -4.38. The van der Waals surface area contributed by atoms with Crippen molar-refractivity contribution in [2.45, 2.75) is 82.6 Å². The topological polar surface area (TPSA) is 162 Å². The predicted octanol–water partition coefficient (Wildman–Crippen LogP) is 5.21. The molecule has 256 valence electrons. The summed E-state index contributed by atoms with van der Waals surface area (Å²) in [6.45, 7) is 6.16. The third-order valence-electron chi connectivity index (χ3n) is 8.80. The molecule has 0 radical (unpaired) electrons. The van der Waals surface area contributed by atoms with E-state index in [1.165, 1.54) is 44.7 Å². The highest BCUT2D eigenvalue weighted by molar-refractivity contribution is 7.90. The fraction of sp³-hybridized carbons (Fsp3) is 0.552. The van der Waals surface area contributed by atoms with Crippen LogP contribution in [0, 0.1) is 18.3 Å². The molecule has 0 bridgehead atoms. The molecule has 2 amide bonds. The molecule has 0 spiro atoms. The highest BCUT2D eigenvalue weighted by Gasteiger charge is 2.62. The lowest BCUT2D eigenvalue weighted by Crippen LogP contribution is -2.41. The zero-order chi connectivity index (χ0) is 34.4. The monoisotopic (exact) mass is 701 g/mol. The number of hydrogen-bond donors (Lipinski definition) is 2. The van der Waals surface area contributed by atoms with Crippen molar-refractivity contribution < 1.29 is 41.0 Å². The Balaban J connectivity index is 1.16. The molecule has 4 heterocycles. The Morgan fingerprint density at radius 2 is 1.91 bits per heavy atom. The molecule has 3 aromatic rings. The van der Waals surface area contributed by atoms with E-state index < -0.39 is 39.2 Å². The van der Waals surface area contributed by atoms with Crippen molar-refractivity contribution in [2.75, 3.05) is 13.2 Å². The number of carbonyl (C=O) groups excluding carboxylic acids is 1. The summed E-state index contributed by atoms with van der Waals surface area (Å²) in [4.78, 5) is 30.0. The van der Waals surface area contributed by atoms with E-state index in [1.807, 2.05) is 18.6 Å². The van der Waals surface area contributed by atoms with E-state index in [2.05, 4.69) is 15.2 Å². The van der Waals surface area contributed by atoms with Gasteiger partial charge in [0.05, 0.1) is 17.6 Å². The number of hydrogen-bond acceptors (Lipinski definition) is 8. The lowest BCUT2D eigenvalue weighted by molar-refractivity contribution is -0.190. The first-order chi connectivity index (χ1) is 21.9. The smallest absolute Gasteiger partial charge is 0.407 e. The maximum Gasteiger partial charge on any atom is 0.407 e. The molecular weight excluding hydrogens is 667 g/mol. The molecule has 3 aromatic heterocycles. The second-order valence-corrected chi connectivity index (χ2v) is 14.7. The Morgan fingerprint density at radius 1 is 1.19 bits per heavy atom. The van der Waals surface area contributed by atoms with Gasteiger partial charge < -0.3 is 14.7 Å². The van der Waals surface area contributed by atoms with Gasteiger partial charge in [-0.25, -0.2) is 19.2 Å². The Kier molecular flexibility index (Phi) is 9.27. The fourth-order valence-electron chi connectivity index (χ4n) is 5.92. The number of rotatable bonds is 12. The van der Waals surface area contributed by atoms with E-state index >= 15 is 0 Å². The van der Waals surface area contributed by atoms with Gasteiger partial charge in [0.15, 0.2) is 10.8 Å². The molecule has 5 rings (SSSR count).